The van der Waals surface area contributed by atoms with Crippen LogP contribution in [0.2, 0.25) is 10.0 Å². The largest absolute Gasteiger partial charge is 0.340 e. The van der Waals surface area contributed by atoms with Gasteiger partial charge in [0.15, 0.2) is 0 Å². The highest BCUT2D eigenvalue weighted by Gasteiger charge is 2.17. The molecule has 0 radical (unpaired) electrons. The first kappa shape index (κ1) is 16.1. The zero-order valence-electron chi connectivity index (χ0n) is 11.6. The Balaban J connectivity index is 2.11. The van der Waals surface area contributed by atoms with Gasteiger partial charge < -0.3 is 9.47 Å². The second-order valence-electron chi connectivity index (χ2n) is 4.39. The van der Waals surface area contributed by atoms with Gasteiger partial charge in [0, 0.05) is 25.0 Å². The molecule has 0 unspecified atom stereocenters. The molecule has 0 N–H and O–H groups in total. The standard InChI is InChI=1S/C13H14Cl2N4OS/c1-18(3-4-19-7-16-17-8-19)13(20)9-5-12(21-2)11(15)6-10(9)14/h5-8H,3-4H2,1-2H3. The molecule has 21 heavy (non-hydrogen) atoms. The lowest BCUT2D eigenvalue weighted by Crippen LogP contribution is -2.30. The molecule has 5 nitrogen and oxygen atoms in total. The van der Waals surface area contributed by atoms with Crippen molar-refractivity contribution < 1.29 is 4.79 Å². The Labute approximate surface area is 137 Å². The highest BCUT2D eigenvalue weighted by atomic mass is 35.5. The number of thioether (sulfide) groups is 1. The molecule has 0 saturated heterocycles. The van der Waals surface area contributed by atoms with Crippen LogP contribution in [-0.4, -0.2) is 45.4 Å². The van der Waals surface area contributed by atoms with E-state index in [9.17, 15) is 4.79 Å². The Kier molecular flexibility index (Phi) is 5.50. The van der Waals surface area contributed by atoms with Gasteiger partial charge in [0.2, 0.25) is 0 Å². The molecule has 0 saturated carbocycles. The number of hydrogen-bond acceptors (Lipinski definition) is 4. The first-order valence-corrected chi connectivity index (χ1v) is 8.12. The van der Waals surface area contributed by atoms with Crippen molar-refractivity contribution in [1.29, 1.82) is 0 Å². The van der Waals surface area contributed by atoms with E-state index in [1.807, 2.05) is 6.26 Å². The van der Waals surface area contributed by atoms with Crippen LogP contribution in [0, 0.1) is 0 Å². The van der Waals surface area contributed by atoms with Crippen LogP contribution in [0.15, 0.2) is 29.7 Å². The number of rotatable bonds is 5. The Morgan fingerprint density at radius 2 is 1.95 bits per heavy atom. The lowest BCUT2D eigenvalue weighted by atomic mass is 10.2. The van der Waals surface area contributed by atoms with E-state index >= 15 is 0 Å². The van der Waals surface area contributed by atoms with E-state index in [1.54, 1.807) is 41.3 Å². The Morgan fingerprint density at radius 3 is 2.57 bits per heavy atom. The quantitative estimate of drug-likeness (QED) is 0.782. The minimum absolute atomic E-state index is 0.139. The SMILES string of the molecule is CSc1cc(C(=O)N(C)CCn2cnnc2)c(Cl)cc1Cl. The molecule has 1 heterocycles. The minimum atomic E-state index is -0.139. The van der Waals surface area contributed by atoms with E-state index in [-0.39, 0.29) is 5.91 Å². The second kappa shape index (κ2) is 7.15. The first-order valence-electron chi connectivity index (χ1n) is 6.14. The molecule has 1 aromatic carbocycles. The van der Waals surface area contributed by atoms with Gasteiger partial charge in [-0.25, -0.2) is 0 Å². The maximum atomic E-state index is 12.5. The Morgan fingerprint density at radius 1 is 1.29 bits per heavy atom. The predicted molar refractivity (Wildman–Crippen MR) is 85.2 cm³/mol. The van der Waals surface area contributed by atoms with Crippen molar-refractivity contribution in [3.63, 3.8) is 0 Å². The summed E-state index contributed by atoms with van der Waals surface area (Å²) < 4.78 is 1.81. The molecule has 112 valence electrons. The van der Waals surface area contributed by atoms with Crippen LogP contribution < -0.4 is 0 Å². The molecule has 2 aromatic rings. The number of likely N-dealkylation sites (N-methyl/N-ethyl adjacent to an activating group) is 1. The third-order valence-electron chi connectivity index (χ3n) is 2.98. The van der Waals surface area contributed by atoms with Crippen molar-refractivity contribution in [3.8, 4) is 0 Å². The van der Waals surface area contributed by atoms with Crippen LogP contribution in [0.3, 0.4) is 0 Å². The fourth-order valence-corrected chi connectivity index (χ4v) is 2.94. The fraction of sp³-hybridized carbons (Fsp3) is 0.308. The smallest absolute Gasteiger partial charge is 0.255 e. The molecule has 0 fully saturated rings. The van der Waals surface area contributed by atoms with Gasteiger partial charge in [-0.3, -0.25) is 4.79 Å². The van der Waals surface area contributed by atoms with Gasteiger partial charge in [-0.1, -0.05) is 23.2 Å². The third-order valence-corrected chi connectivity index (χ3v) is 4.49. The summed E-state index contributed by atoms with van der Waals surface area (Å²) in [6.45, 7) is 1.15. The molecular formula is C13H14Cl2N4OS. The number of carbonyl (C=O) groups excluding carboxylic acids is 1. The van der Waals surface area contributed by atoms with Crippen LogP contribution in [0.25, 0.3) is 0 Å². The molecule has 0 atom stereocenters. The van der Waals surface area contributed by atoms with Crippen LogP contribution in [0.1, 0.15) is 10.4 Å². The summed E-state index contributed by atoms with van der Waals surface area (Å²) in [6.07, 6.45) is 5.12. The number of aromatic nitrogens is 3. The Bertz CT molecular complexity index is 633. The summed E-state index contributed by atoms with van der Waals surface area (Å²) in [4.78, 5) is 14.9. The van der Waals surface area contributed by atoms with Gasteiger partial charge in [-0.15, -0.1) is 22.0 Å². The summed E-state index contributed by atoms with van der Waals surface area (Å²) >= 11 is 13.7. The van der Waals surface area contributed by atoms with Crippen LogP contribution in [0.4, 0.5) is 0 Å². The monoisotopic (exact) mass is 344 g/mol. The summed E-state index contributed by atoms with van der Waals surface area (Å²) in [5.41, 5.74) is 0.455. The summed E-state index contributed by atoms with van der Waals surface area (Å²) in [5, 5.41) is 8.35. The maximum absolute atomic E-state index is 12.5. The van der Waals surface area contributed by atoms with Gasteiger partial charge >= 0.3 is 0 Å². The van der Waals surface area contributed by atoms with Crippen molar-refractivity contribution in [2.24, 2.45) is 0 Å². The number of carbonyl (C=O) groups is 1. The predicted octanol–water partition coefficient (Wildman–Crippen LogP) is 3.08. The average Bonchev–Trinajstić information content (AvgIpc) is 2.97. The molecule has 1 amide bonds. The third kappa shape index (κ3) is 3.90. The average molecular weight is 345 g/mol. The lowest BCUT2D eigenvalue weighted by molar-refractivity contribution is 0.0790. The molecule has 0 aliphatic carbocycles. The van der Waals surface area contributed by atoms with E-state index in [2.05, 4.69) is 10.2 Å². The number of amides is 1. The molecular weight excluding hydrogens is 331 g/mol. The van der Waals surface area contributed by atoms with E-state index in [4.69, 9.17) is 23.2 Å². The van der Waals surface area contributed by atoms with E-state index in [1.165, 1.54) is 11.8 Å². The van der Waals surface area contributed by atoms with Crippen molar-refractivity contribution in [2.75, 3.05) is 19.8 Å². The first-order chi connectivity index (χ1) is 10.0. The van der Waals surface area contributed by atoms with E-state index < -0.39 is 0 Å². The maximum Gasteiger partial charge on any atom is 0.255 e. The van der Waals surface area contributed by atoms with Gasteiger partial charge in [-0.05, 0) is 18.4 Å². The normalized spacial score (nSPS) is 10.7. The van der Waals surface area contributed by atoms with Gasteiger partial charge in [-0.2, -0.15) is 0 Å². The van der Waals surface area contributed by atoms with Crippen molar-refractivity contribution in [2.45, 2.75) is 11.4 Å². The molecule has 0 bridgehead atoms. The fourth-order valence-electron chi connectivity index (χ4n) is 1.76. The number of nitrogens with zero attached hydrogens (tertiary/aromatic N) is 4. The molecule has 0 aliphatic heterocycles. The Hall–Kier alpha value is -1.24. The van der Waals surface area contributed by atoms with Gasteiger partial charge in [0.1, 0.15) is 12.7 Å². The molecule has 0 spiro atoms. The molecule has 8 heteroatoms. The van der Waals surface area contributed by atoms with Crippen LogP contribution in [-0.2, 0) is 6.54 Å². The minimum Gasteiger partial charge on any atom is -0.340 e. The van der Waals surface area contributed by atoms with Crippen molar-refractivity contribution in [1.82, 2.24) is 19.7 Å². The second-order valence-corrected chi connectivity index (χ2v) is 6.06. The molecule has 0 aliphatic rings. The van der Waals surface area contributed by atoms with E-state index in [0.29, 0.717) is 28.7 Å². The summed E-state index contributed by atoms with van der Waals surface area (Å²) in [6, 6.07) is 3.34. The molecule has 1 aromatic heterocycles. The number of hydrogen-bond donors (Lipinski definition) is 0. The number of benzene rings is 1. The van der Waals surface area contributed by atoms with Crippen LogP contribution >= 0.6 is 35.0 Å². The van der Waals surface area contributed by atoms with Gasteiger partial charge in [0.25, 0.3) is 5.91 Å². The highest BCUT2D eigenvalue weighted by molar-refractivity contribution is 7.98. The number of halogens is 2. The summed E-state index contributed by atoms with van der Waals surface area (Å²) in [7, 11) is 1.73. The molecule has 2 rings (SSSR count). The topological polar surface area (TPSA) is 51.0 Å². The lowest BCUT2D eigenvalue weighted by Gasteiger charge is -2.18. The highest BCUT2D eigenvalue weighted by Crippen LogP contribution is 2.31. The van der Waals surface area contributed by atoms with E-state index in [0.717, 1.165) is 4.90 Å². The van der Waals surface area contributed by atoms with Crippen LogP contribution in [0.5, 0.6) is 0 Å². The zero-order chi connectivity index (χ0) is 15.4. The van der Waals surface area contributed by atoms with Crippen molar-refractivity contribution in [3.05, 3.63) is 40.4 Å². The summed E-state index contributed by atoms with van der Waals surface area (Å²) in [5.74, 6) is -0.139. The van der Waals surface area contributed by atoms with Gasteiger partial charge in [0.05, 0.1) is 15.6 Å². The van der Waals surface area contributed by atoms with Crippen molar-refractivity contribution >= 4 is 40.9 Å². The zero-order valence-corrected chi connectivity index (χ0v) is 13.9.